The Hall–Kier alpha value is -2.92. The average Bonchev–Trinajstić information content (AvgIpc) is 2.58. The van der Waals surface area contributed by atoms with E-state index in [0.29, 0.717) is 22.2 Å². The summed E-state index contributed by atoms with van der Waals surface area (Å²) in [5.74, 6) is 0.341. The SMILES string of the molecule is Cc1cc(C)nc(Nc2ccc(C(=O)Nc3ccc(C)c(Cl)c3)cc2)n1. The predicted molar refractivity (Wildman–Crippen MR) is 105 cm³/mol. The molecule has 0 aliphatic carbocycles. The first-order chi connectivity index (χ1) is 12.4. The number of hydrogen-bond donors (Lipinski definition) is 2. The number of aromatic nitrogens is 2. The smallest absolute Gasteiger partial charge is 0.255 e. The van der Waals surface area contributed by atoms with Gasteiger partial charge in [0.2, 0.25) is 5.95 Å². The van der Waals surface area contributed by atoms with Crippen molar-refractivity contribution in [3.8, 4) is 0 Å². The number of nitrogens with zero attached hydrogens (tertiary/aromatic N) is 2. The van der Waals surface area contributed by atoms with Gasteiger partial charge in [-0.15, -0.1) is 0 Å². The normalized spacial score (nSPS) is 10.5. The van der Waals surface area contributed by atoms with E-state index >= 15 is 0 Å². The molecule has 3 aromatic rings. The molecule has 0 saturated heterocycles. The molecule has 26 heavy (non-hydrogen) atoms. The molecule has 3 rings (SSSR count). The van der Waals surface area contributed by atoms with Crippen LogP contribution < -0.4 is 10.6 Å². The van der Waals surface area contributed by atoms with E-state index in [0.717, 1.165) is 22.6 Å². The quantitative estimate of drug-likeness (QED) is 0.678. The molecular weight excluding hydrogens is 348 g/mol. The van der Waals surface area contributed by atoms with Gasteiger partial charge in [0.1, 0.15) is 0 Å². The summed E-state index contributed by atoms with van der Waals surface area (Å²) in [7, 11) is 0. The maximum atomic E-state index is 12.4. The van der Waals surface area contributed by atoms with Crippen molar-refractivity contribution >= 4 is 34.8 Å². The molecule has 0 radical (unpaired) electrons. The second-order valence-electron chi connectivity index (χ2n) is 6.09. The summed E-state index contributed by atoms with van der Waals surface area (Å²) in [6.07, 6.45) is 0. The first-order valence-electron chi connectivity index (χ1n) is 8.17. The van der Waals surface area contributed by atoms with Gasteiger partial charge in [-0.05, 0) is 68.8 Å². The number of benzene rings is 2. The van der Waals surface area contributed by atoms with Gasteiger partial charge in [0.05, 0.1) is 0 Å². The molecule has 0 atom stereocenters. The van der Waals surface area contributed by atoms with Gasteiger partial charge >= 0.3 is 0 Å². The maximum absolute atomic E-state index is 12.4. The highest BCUT2D eigenvalue weighted by molar-refractivity contribution is 6.31. The summed E-state index contributed by atoms with van der Waals surface area (Å²) < 4.78 is 0. The summed E-state index contributed by atoms with van der Waals surface area (Å²) in [4.78, 5) is 21.1. The molecule has 0 unspecified atom stereocenters. The highest BCUT2D eigenvalue weighted by atomic mass is 35.5. The van der Waals surface area contributed by atoms with E-state index in [9.17, 15) is 4.79 Å². The van der Waals surface area contributed by atoms with Crippen LogP contribution in [0.25, 0.3) is 0 Å². The van der Waals surface area contributed by atoms with E-state index in [2.05, 4.69) is 20.6 Å². The largest absolute Gasteiger partial charge is 0.324 e. The van der Waals surface area contributed by atoms with Crippen LogP contribution in [0, 0.1) is 20.8 Å². The molecular formula is C20H19ClN4O. The van der Waals surface area contributed by atoms with Crippen molar-refractivity contribution in [3.63, 3.8) is 0 Å². The van der Waals surface area contributed by atoms with Gasteiger partial charge in [0.15, 0.2) is 0 Å². The minimum atomic E-state index is -0.195. The van der Waals surface area contributed by atoms with E-state index in [1.54, 1.807) is 18.2 Å². The second-order valence-corrected chi connectivity index (χ2v) is 6.50. The third-order valence-corrected chi connectivity index (χ3v) is 4.22. The topological polar surface area (TPSA) is 66.9 Å². The van der Waals surface area contributed by atoms with Crippen molar-refractivity contribution in [2.45, 2.75) is 20.8 Å². The number of rotatable bonds is 4. The predicted octanol–water partition coefficient (Wildman–Crippen LogP) is 5.05. The molecule has 2 N–H and O–H groups in total. The standard InChI is InChI=1S/C20H19ClN4O/c1-12-4-7-17(11-18(12)21)24-19(26)15-5-8-16(9-6-15)25-20-22-13(2)10-14(3)23-20/h4-11H,1-3H3,(H,24,26)(H,22,23,25). The Morgan fingerprint density at radius 3 is 2.12 bits per heavy atom. The Morgan fingerprint density at radius 1 is 0.885 bits per heavy atom. The minimum absolute atomic E-state index is 0.195. The Labute approximate surface area is 157 Å². The number of amides is 1. The summed E-state index contributed by atoms with van der Waals surface area (Å²) in [6.45, 7) is 5.76. The van der Waals surface area contributed by atoms with Crippen LogP contribution in [0.15, 0.2) is 48.5 Å². The zero-order chi connectivity index (χ0) is 18.7. The fraction of sp³-hybridized carbons (Fsp3) is 0.150. The Balaban J connectivity index is 1.70. The number of carbonyl (C=O) groups is 1. The van der Waals surface area contributed by atoms with E-state index in [4.69, 9.17) is 11.6 Å². The number of hydrogen-bond acceptors (Lipinski definition) is 4. The monoisotopic (exact) mass is 366 g/mol. The van der Waals surface area contributed by atoms with E-state index in [-0.39, 0.29) is 5.91 Å². The summed E-state index contributed by atoms with van der Waals surface area (Å²) in [6, 6.07) is 14.5. The second kappa shape index (κ2) is 7.54. The lowest BCUT2D eigenvalue weighted by Crippen LogP contribution is -2.11. The van der Waals surface area contributed by atoms with Gasteiger partial charge in [0, 0.05) is 33.3 Å². The number of anilines is 3. The van der Waals surface area contributed by atoms with Gasteiger partial charge in [-0.1, -0.05) is 17.7 Å². The van der Waals surface area contributed by atoms with Crippen LogP contribution in [0.5, 0.6) is 0 Å². The van der Waals surface area contributed by atoms with Gasteiger partial charge in [-0.2, -0.15) is 0 Å². The molecule has 0 saturated carbocycles. The summed E-state index contributed by atoms with van der Waals surface area (Å²) >= 11 is 6.09. The van der Waals surface area contributed by atoms with Crippen molar-refractivity contribution in [1.29, 1.82) is 0 Å². The van der Waals surface area contributed by atoms with Crippen LogP contribution in [0.3, 0.4) is 0 Å². The fourth-order valence-corrected chi connectivity index (χ4v) is 2.67. The first-order valence-corrected chi connectivity index (χ1v) is 8.55. The lowest BCUT2D eigenvalue weighted by atomic mass is 10.1. The molecule has 1 heterocycles. The van der Waals surface area contributed by atoms with Gasteiger partial charge in [-0.25, -0.2) is 9.97 Å². The van der Waals surface area contributed by atoms with Gasteiger partial charge < -0.3 is 10.6 Å². The van der Waals surface area contributed by atoms with Crippen molar-refractivity contribution in [1.82, 2.24) is 9.97 Å². The van der Waals surface area contributed by atoms with Crippen LogP contribution in [-0.2, 0) is 0 Å². The molecule has 0 spiro atoms. The van der Waals surface area contributed by atoms with E-state index < -0.39 is 0 Å². The maximum Gasteiger partial charge on any atom is 0.255 e. The Bertz CT molecular complexity index is 934. The number of nitrogens with one attached hydrogen (secondary N) is 2. The summed E-state index contributed by atoms with van der Waals surface area (Å²) in [5.41, 5.74) is 4.78. The first kappa shape index (κ1) is 17.9. The molecule has 0 fully saturated rings. The molecule has 1 aromatic heterocycles. The molecule has 6 heteroatoms. The van der Waals surface area contributed by atoms with Crippen LogP contribution in [0.2, 0.25) is 5.02 Å². The molecule has 1 amide bonds. The zero-order valence-electron chi connectivity index (χ0n) is 14.8. The van der Waals surface area contributed by atoms with Crippen molar-refractivity contribution in [2.75, 3.05) is 10.6 Å². The van der Waals surface area contributed by atoms with E-state index in [1.165, 1.54) is 0 Å². The molecule has 0 aliphatic heterocycles. The van der Waals surface area contributed by atoms with Crippen molar-refractivity contribution in [2.24, 2.45) is 0 Å². The lowest BCUT2D eigenvalue weighted by Gasteiger charge is -2.09. The van der Waals surface area contributed by atoms with Gasteiger partial charge in [-0.3, -0.25) is 4.79 Å². The van der Waals surface area contributed by atoms with Crippen LogP contribution in [0.1, 0.15) is 27.3 Å². The Kier molecular flexibility index (Phi) is 5.19. The molecule has 2 aromatic carbocycles. The molecule has 0 aliphatic rings. The highest BCUT2D eigenvalue weighted by Gasteiger charge is 2.08. The molecule has 0 bridgehead atoms. The zero-order valence-corrected chi connectivity index (χ0v) is 15.6. The average molecular weight is 367 g/mol. The highest BCUT2D eigenvalue weighted by Crippen LogP contribution is 2.21. The number of carbonyl (C=O) groups excluding carboxylic acids is 1. The van der Waals surface area contributed by atoms with Gasteiger partial charge in [0.25, 0.3) is 5.91 Å². The third-order valence-electron chi connectivity index (χ3n) is 3.82. The number of aryl methyl sites for hydroxylation is 3. The van der Waals surface area contributed by atoms with Crippen LogP contribution >= 0.6 is 11.6 Å². The Morgan fingerprint density at radius 2 is 1.50 bits per heavy atom. The lowest BCUT2D eigenvalue weighted by molar-refractivity contribution is 0.102. The number of halogens is 1. The van der Waals surface area contributed by atoms with Crippen molar-refractivity contribution in [3.05, 3.63) is 76.1 Å². The van der Waals surface area contributed by atoms with Crippen molar-refractivity contribution < 1.29 is 4.79 Å². The minimum Gasteiger partial charge on any atom is -0.324 e. The van der Waals surface area contributed by atoms with E-state index in [1.807, 2.05) is 51.1 Å². The van der Waals surface area contributed by atoms with Crippen LogP contribution in [-0.4, -0.2) is 15.9 Å². The third kappa shape index (κ3) is 4.37. The summed E-state index contributed by atoms with van der Waals surface area (Å²) in [5, 5.41) is 6.61. The van der Waals surface area contributed by atoms with Crippen LogP contribution in [0.4, 0.5) is 17.3 Å². The molecule has 132 valence electrons. The molecule has 5 nitrogen and oxygen atoms in total. The fourth-order valence-electron chi connectivity index (χ4n) is 2.49.